The van der Waals surface area contributed by atoms with E-state index in [0.717, 1.165) is 31.2 Å². The van der Waals surface area contributed by atoms with E-state index in [2.05, 4.69) is 31.9 Å². The predicted molar refractivity (Wildman–Crippen MR) is 93.1 cm³/mol. The van der Waals surface area contributed by atoms with Crippen molar-refractivity contribution < 1.29 is 4.39 Å². The Hall–Kier alpha value is -1.04. The van der Waals surface area contributed by atoms with Crippen LogP contribution in [-0.2, 0) is 0 Å². The maximum absolute atomic E-state index is 13.5. The van der Waals surface area contributed by atoms with Crippen LogP contribution in [0.4, 0.5) is 4.39 Å². The Balaban J connectivity index is 2.12. The summed E-state index contributed by atoms with van der Waals surface area (Å²) in [5.74, 6) is -0.269. The standard InChI is InChI=1S/C16H10Br2FNS/c1-9-15(13-4-2-3-5-14(13)18)20-16(21-9)10-6-11(17)8-12(19)7-10/h2-8H,1H3. The molecule has 1 aromatic heterocycles. The van der Waals surface area contributed by atoms with Crippen molar-refractivity contribution in [2.75, 3.05) is 0 Å². The van der Waals surface area contributed by atoms with E-state index in [0.29, 0.717) is 4.47 Å². The summed E-state index contributed by atoms with van der Waals surface area (Å²) in [5, 5.41) is 0.818. The second-order valence-electron chi connectivity index (χ2n) is 4.56. The van der Waals surface area contributed by atoms with Crippen molar-refractivity contribution in [2.45, 2.75) is 6.92 Å². The molecule has 3 aromatic rings. The Morgan fingerprint density at radius 1 is 1.10 bits per heavy atom. The SMILES string of the molecule is Cc1sc(-c2cc(F)cc(Br)c2)nc1-c1ccccc1Br. The molecule has 0 aliphatic heterocycles. The molecule has 0 atom stereocenters. The van der Waals surface area contributed by atoms with E-state index in [9.17, 15) is 4.39 Å². The fraction of sp³-hybridized carbons (Fsp3) is 0.0625. The van der Waals surface area contributed by atoms with Crippen LogP contribution in [0.3, 0.4) is 0 Å². The van der Waals surface area contributed by atoms with Crippen molar-refractivity contribution in [3.63, 3.8) is 0 Å². The summed E-state index contributed by atoms with van der Waals surface area (Å²) in [5.41, 5.74) is 2.77. The number of hydrogen-bond acceptors (Lipinski definition) is 2. The fourth-order valence-corrected chi connectivity index (χ4v) is 3.95. The lowest BCUT2D eigenvalue weighted by Gasteiger charge is -2.01. The molecule has 0 aliphatic carbocycles. The Morgan fingerprint density at radius 3 is 2.57 bits per heavy atom. The largest absolute Gasteiger partial charge is 0.236 e. The van der Waals surface area contributed by atoms with E-state index in [-0.39, 0.29) is 5.82 Å². The smallest absolute Gasteiger partial charge is 0.125 e. The molecule has 0 radical (unpaired) electrons. The van der Waals surface area contributed by atoms with Gasteiger partial charge in [0, 0.05) is 24.9 Å². The van der Waals surface area contributed by atoms with Gasteiger partial charge < -0.3 is 0 Å². The van der Waals surface area contributed by atoms with Gasteiger partial charge in [0.1, 0.15) is 10.8 Å². The highest BCUT2D eigenvalue weighted by molar-refractivity contribution is 9.10. The normalized spacial score (nSPS) is 10.9. The third-order valence-electron chi connectivity index (χ3n) is 3.04. The van der Waals surface area contributed by atoms with Crippen LogP contribution in [-0.4, -0.2) is 4.98 Å². The lowest BCUT2D eigenvalue weighted by atomic mass is 10.1. The average Bonchev–Trinajstić information content (AvgIpc) is 2.80. The number of thiazole rings is 1. The fourth-order valence-electron chi connectivity index (χ4n) is 2.10. The van der Waals surface area contributed by atoms with Crippen LogP contribution in [0.2, 0.25) is 0 Å². The average molecular weight is 427 g/mol. The van der Waals surface area contributed by atoms with Crippen LogP contribution < -0.4 is 0 Å². The highest BCUT2D eigenvalue weighted by Gasteiger charge is 2.14. The molecule has 0 amide bonds. The first-order chi connectivity index (χ1) is 10.0. The molecule has 3 rings (SSSR count). The second kappa shape index (κ2) is 5.99. The Morgan fingerprint density at radius 2 is 1.86 bits per heavy atom. The van der Waals surface area contributed by atoms with Crippen LogP contribution in [0.15, 0.2) is 51.4 Å². The van der Waals surface area contributed by atoms with Gasteiger partial charge in [-0.15, -0.1) is 11.3 Å². The van der Waals surface area contributed by atoms with Crippen molar-refractivity contribution >= 4 is 43.2 Å². The van der Waals surface area contributed by atoms with Gasteiger partial charge in [-0.2, -0.15) is 0 Å². The van der Waals surface area contributed by atoms with E-state index in [1.165, 1.54) is 12.1 Å². The number of aromatic nitrogens is 1. The van der Waals surface area contributed by atoms with Crippen LogP contribution in [0.25, 0.3) is 21.8 Å². The van der Waals surface area contributed by atoms with Crippen LogP contribution in [0.1, 0.15) is 4.88 Å². The summed E-state index contributed by atoms with van der Waals surface area (Å²) in [6.07, 6.45) is 0. The lowest BCUT2D eigenvalue weighted by molar-refractivity contribution is 0.627. The van der Waals surface area contributed by atoms with Gasteiger partial charge in [0.05, 0.1) is 5.69 Å². The van der Waals surface area contributed by atoms with E-state index in [4.69, 9.17) is 4.98 Å². The molecule has 1 nitrogen and oxygen atoms in total. The summed E-state index contributed by atoms with van der Waals surface area (Å²) in [6.45, 7) is 2.03. The highest BCUT2D eigenvalue weighted by Crippen LogP contribution is 2.37. The first-order valence-corrected chi connectivity index (χ1v) is 8.63. The molecule has 0 saturated heterocycles. The van der Waals surface area contributed by atoms with Gasteiger partial charge in [0.2, 0.25) is 0 Å². The van der Waals surface area contributed by atoms with Gasteiger partial charge in [-0.1, -0.05) is 50.1 Å². The lowest BCUT2D eigenvalue weighted by Crippen LogP contribution is -1.84. The molecule has 2 aromatic carbocycles. The van der Waals surface area contributed by atoms with Gasteiger partial charge in [-0.05, 0) is 31.2 Å². The Bertz CT molecular complexity index is 794. The third kappa shape index (κ3) is 3.10. The molecular weight excluding hydrogens is 417 g/mol. The topological polar surface area (TPSA) is 12.9 Å². The minimum absolute atomic E-state index is 0.269. The zero-order chi connectivity index (χ0) is 15.0. The Labute approximate surface area is 143 Å². The number of nitrogens with zero attached hydrogens (tertiary/aromatic N) is 1. The van der Waals surface area contributed by atoms with Gasteiger partial charge in [-0.25, -0.2) is 9.37 Å². The summed E-state index contributed by atoms with van der Waals surface area (Å²) in [4.78, 5) is 5.80. The van der Waals surface area contributed by atoms with Crippen molar-refractivity contribution in [3.8, 4) is 21.8 Å². The van der Waals surface area contributed by atoms with E-state index in [1.54, 1.807) is 11.3 Å². The molecule has 0 fully saturated rings. The maximum Gasteiger partial charge on any atom is 0.125 e. The minimum atomic E-state index is -0.269. The van der Waals surface area contributed by atoms with Gasteiger partial charge in [-0.3, -0.25) is 0 Å². The number of halogens is 3. The molecule has 106 valence electrons. The minimum Gasteiger partial charge on any atom is -0.236 e. The molecule has 0 unspecified atom stereocenters. The second-order valence-corrected chi connectivity index (χ2v) is 7.53. The predicted octanol–water partition coefficient (Wildman–Crippen LogP) is 6.45. The first-order valence-electron chi connectivity index (χ1n) is 6.23. The van der Waals surface area contributed by atoms with Crippen LogP contribution in [0, 0.1) is 12.7 Å². The third-order valence-corrected chi connectivity index (χ3v) is 5.20. The van der Waals surface area contributed by atoms with Crippen molar-refractivity contribution in [3.05, 3.63) is 62.1 Å². The highest BCUT2D eigenvalue weighted by atomic mass is 79.9. The number of aryl methyl sites for hydroxylation is 1. The van der Waals surface area contributed by atoms with E-state index in [1.807, 2.05) is 37.3 Å². The molecular formula is C16H10Br2FNS. The van der Waals surface area contributed by atoms with Gasteiger partial charge in [0.25, 0.3) is 0 Å². The summed E-state index contributed by atoms with van der Waals surface area (Å²) >= 11 is 8.44. The molecule has 21 heavy (non-hydrogen) atoms. The molecule has 0 N–H and O–H groups in total. The maximum atomic E-state index is 13.5. The summed E-state index contributed by atoms with van der Waals surface area (Å²) in [7, 11) is 0. The van der Waals surface area contributed by atoms with E-state index >= 15 is 0 Å². The van der Waals surface area contributed by atoms with Crippen molar-refractivity contribution in [2.24, 2.45) is 0 Å². The van der Waals surface area contributed by atoms with E-state index < -0.39 is 0 Å². The van der Waals surface area contributed by atoms with Crippen molar-refractivity contribution in [1.82, 2.24) is 4.98 Å². The molecule has 1 heterocycles. The Kier molecular flexibility index (Phi) is 4.24. The summed E-state index contributed by atoms with van der Waals surface area (Å²) < 4.78 is 15.3. The monoisotopic (exact) mass is 425 g/mol. The quantitative estimate of drug-likeness (QED) is 0.458. The molecule has 5 heteroatoms. The van der Waals surface area contributed by atoms with Gasteiger partial charge in [0.15, 0.2) is 0 Å². The number of rotatable bonds is 2. The molecule has 0 saturated carbocycles. The van der Waals surface area contributed by atoms with Crippen LogP contribution in [0.5, 0.6) is 0 Å². The molecule has 0 bridgehead atoms. The van der Waals surface area contributed by atoms with Gasteiger partial charge >= 0.3 is 0 Å². The zero-order valence-corrected chi connectivity index (χ0v) is 15.0. The zero-order valence-electron chi connectivity index (χ0n) is 11.0. The van der Waals surface area contributed by atoms with Crippen LogP contribution >= 0.6 is 43.2 Å². The number of benzene rings is 2. The molecule has 0 aliphatic rings. The van der Waals surface area contributed by atoms with Crippen molar-refractivity contribution in [1.29, 1.82) is 0 Å². The first kappa shape index (κ1) is 14.9. The number of hydrogen-bond donors (Lipinski definition) is 0. The summed E-state index contributed by atoms with van der Waals surface area (Å²) in [6, 6.07) is 12.8. The molecule has 0 spiro atoms.